The maximum Gasteiger partial charge on any atom is 0.302 e. The first-order chi connectivity index (χ1) is 10.5. The van der Waals surface area contributed by atoms with Crippen molar-refractivity contribution in [1.82, 2.24) is 14.9 Å². The van der Waals surface area contributed by atoms with E-state index in [1.165, 1.54) is 12.1 Å². The Hall–Kier alpha value is -2.39. The van der Waals surface area contributed by atoms with Crippen LogP contribution in [-0.4, -0.2) is 42.6 Å². The van der Waals surface area contributed by atoms with Crippen LogP contribution >= 0.6 is 0 Å². The van der Waals surface area contributed by atoms with Crippen LogP contribution in [-0.2, 0) is 21.4 Å². The summed E-state index contributed by atoms with van der Waals surface area (Å²) in [6, 6.07) is 5.75. The summed E-state index contributed by atoms with van der Waals surface area (Å²) < 4.78 is 27.1. The molecule has 1 atom stereocenters. The molecular weight excluding hydrogens is 308 g/mol. The third-order valence-electron chi connectivity index (χ3n) is 3.38. The van der Waals surface area contributed by atoms with Crippen LogP contribution in [0.25, 0.3) is 0 Å². The second kappa shape index (κ2) is 5.43. The second-order valence-electron chi connectivity index (χ2n) is 4.98. The molecule has 116 valence electrons. The van der Waals surface area contributed by atoms with Gasteiger partial charge in [-0.3, -0.25) is 9.40 Å². The van der Waals surface area contributed by atoms with Gasteiger partial charge < -0.3 is 9.90 Å². The summed E-state index contributed by atoms with van der Waals surface area (Å²) in [4.78, 5) is 10.8. The van der Waals surface area contributed by atoms with Gasteiger partial charge in [-0.1, -0.05) is 6.07 Å². The number of aldehydes is 1. The summed E-state index contributed by atoms with van der Waals surface area (Å²) in [5.74, 6) is -0.158. The lowest BCUT2D eigenvalue weighted by atomic mass is 10.1. The number of aromatic nitrogens is 2. The van der Waals surface area contributed by atoms with Gasteiger partial charge >= 0.3 is 10.2 Å². The van der Waals surface area contributed by atoms with E-state index < -0.39 is 16.3 Å². The van der Waals surface area contributed by atoms with E-state index in [0.717, 1.165) is 15.6 Å². The maximum absolute atomic E-state index is 12.0. The molecule has 0 saturated carbocycles. The minimum absolute atomic E-state index is 0.0424. The fraction of sp³-hybridized carbons (Fsp3) is 0.231. The molecule has 1 aliphatic heterocycles. The Morgan fingerprint density at radius 3 is 2.82 bits per heavy atom. The van der Waals surface area contributed by atoms with Gasteiger partial charge in [0.15, 0.2) is 0 Å². The lowest BCUT2D eigenvalue weighted by Gasteiger charge is -2.17. The smallest absolute Gasteiger partial charge is 0.302 e. The molecule has 22 heavy (non-hydrogen) atoms. The van der Waals surface area contributed by atoms with Gasteiger partial charge in [0.2, 0.25) is 0 Å². The first-order valence-electron chi connectivity index (χ1n) is 6.55. The highest BCUT2D eigenvalue weighted by molar-refractivity contribution is 7.91. The van der Waals surface area contributed by atoms with Crippen LogP contribution in [0.3, 0.4) is 0 Å². The number of nitrogens with zero attached hydrogens (tertiary/aromatic N) is 2. The van der Waals surface area contributed by atoms with Crippen LogP contribution in [0.15, 0.2) is 30.5 Å². The quantitative estimate of drug-likeness (QED) is 0.681. The van der Waals surface area contributed by atoms with Crippen LogP contribution in [0.2, 0.25) is 0 Å². The number of benzene rings is 1. The van der Waals surface area contributed by atoms with Crippen molar-refractivity contribution in [2.24, 2.45) is 0 Å². The number of anilines is 1. The molecular formula is C13H14N4O4S. The zero-order valence-electron chi connectivity index (χ0n) is 11.4. The Morgan fingerprint density at radius 1 is 1.41 bits per heavy atom. The van der Waals surface area contributed by atoms with Crippen LogP contribution in [0, 0.1) is 0 Å². The number of nitrogens with one attached hydrogen (secondary N) is 2. The van der Waals surface area contributed by atoms with Gasteiger partial charge in [-0.2, -0.15) is 18.2 Å². The molecule has 1 unspecified atom stereocenters. The van der Waals surface area contributed by atoms with E-state index in [0.29, 0.717) is 12.7 Å². The monoisotopic (exact) mass is 322 g/mol. The predicted molar refractivity (Wildman–Crippen MR) is 78.8 cm³/mol. The van der Waals surface area contributed by atoms with Crippen LogP contribution in [0.4, 0.5) is 5.69 Å². The summed E-state index contributed by atoms with van der Waals surface area (Å²) in [6.45, 7) is -0.0424. The average molecular weight is 322 g/mol. The van der Waals surface area contributed by atoms with Crippen LogP contribution in [0.1, 0.15) is 11.3 Å². The van der Waals surface area contributed by atoms with Crippen molar-refractivity contribution in [1.29, 1.82) is 0 Å². The number of aromatic hydroxyl groups is 1. The molecule has 1 saturated heterocycles. The number of H-pyrrole nitrogens is 1. The molecule has 1 aliphatic rings. The molecule has 2 aromatic rings. The predicted octanol–water partition coefficient (Wildman–Crippen LogP) is -0.0720. The number of carbonyl (C=O) groups excluding carboxylic acids is 1. The van der Waals surface area contributed by atoms with Gasteiger partial charge in [0.25, 0.3) is 0 Å². The lowest BCUT2D eigenvalue weighted by molar-refractivity contribution is -0.108. The van der Waals surface area contributed by atoms with E-state index in [1.807, 2.05) is 6.07 Å². The molecule has 2 heterocycles. The van der Waals surface area contributed by atoms with Crippen molar-refractivity contribution in [2.75, 3.05) is 10.8 Å². The van der Waals surface area contributed by atoms with E-state index in [1.54, 1.807) is 12.3 Å². The highest BCUT2D eigenvalue weighted by atomic mass is 32.2. The zero-order valence-corrected chi connectivity index (χ0v) is 12.2. The first kappa shape index (κ1) is 14.5. The minimum Gasteiger partial charge on any atom is -0.506 e. The Balaban J connectivity index is 1.88. The molecule has 0 bridgehead atoms. The van der Waals surface area contributed by atoms with Gasteiger partial charge in [0.1, 0.15) is 12.0 Å². The van der Waals surface area contributed by atoms with Gasteiger partial charge in [0.05, 0.1) is 18.3 Å². The highest BCUT2D eigenvalue weighted by Crippen LogP contribution is 2.32. The number of aromatic amines is 1. The number of hydrogen-bond donors (Lipinski definition) is 3. The van der Waals surface area contributed by atoms with Crippen molar-refractivity contribution in [3.8, 4) is 5.75 Å². The van der Waals surface area contributed by atoms with Gasteiger partial charge in [-0.25, -0.2) is 0 Å². The molecule has 0 aliphatic carbocycles. The van der Waals surface area contributed by atoms with Crippen molar-refractivity contribution in [3.05, 3.63) is 41.7 Å². The van der Waals surface area contributed by atoms with Gasteiger partial charge in [-0.15, -0.1) is 0 Å². The second-order valence-corrected chi connectivity index (χ2v) is 6.60. The molecule has 0 amide bonds. The van der Waals surface area contributed by atoms with E-state index in [2.05, 4.69) is 14.9 Å². The minimum atomic E-state index is -3.81. The van der Waals surface area contributed by atoms with E-state index in [4.69, 9.17) is 0 Å². The van der Waals surface area contributed by atoms with E-state index in [9.17, 15) is 18.3 Å². The highest BCUT2D eigenvalue weighted by Gasteiger charge is 2.36. The summed E-state index contributed by atoms with van der Waals surface area (Å²) >= 11 is 0. The van der Waals surface area contributed by atoms with Crippen molar-refractivity contribution < 1.29 is 18.3 Å². The summed E-state index contributed by atoms with van der Waals surface area (Å²) in [7, 11) is -3.81. The fourth-order valence-electron chi connectivity index (χ4n) is 2.36. The Kier molecular flexibility index (Phi) is 3.59. The standard InChI is InChI=1S/C13H14N4O4S/c18-8-11-7-17(22(20,21)16-11)12-2-1-9(6-13(12)19)5-10-3-4-14-15-10/h1-4,6,8,11,16,19H,5,7H2,(H,14,15). The Bertz CT molecular complexity index is 788. The number of phenols is 1. The molecule has 3 rings (SSSR count). The van der Waals surface area contributed by atoms with E-state index in [-0.39, 0.29) is 18.0 Å². The van der Waals surface area contributed by atoms with Gasteiger partial charge in [-0.05, 0) is 23.8 Å². The number of carbonyl (C=O) groups is 1. The molecule has 1 fully saturated rings. The molecule has 8 nitrogen and oxygen atoms in total. The third kappa shape index (κ3) is 2.68. The third-order valence-corrected chi connectivity index (χ3v) is 4.91. The molecule has 0 radical (unpaired) electrons. The SMILES string of the molecule is O=CC1CN(c2ccc(Cc3ccn[nH]3)cc2O)S(=O)(=O)N1. The van der Waals surface area contributed by atoms with Gasteiger partial charge in [0, 0.05) is 18.3 Å². The number of rotatable bonds is 4. The van der Waals surface area contributed by atoms with Crippen molar-refractivity contribution in [3.63, 3.8) is 0 Å². The number of phenolic OH excluding ortho intramolecular Hbond substituents is 1. The Morgan fingerprint density at radius 2 is 2.23 bits per heavy atom. The normalized spacial score (nSPS) is 20.2. The fourth-order valence-corrected chi connectivity index (χ4v) is 3.77. The average Bonchev–Trinajstić information content (AvgIpc) is 3.06. The van der Waals surface area contributed by atoms with Crippen LogP contribution < -0.4 is 9.03 Å². The summed E-state index contributed by atoms with van der Waals surface area (Å²) in [5.41, 5.74) is 1.83. The van der Waals surface area contributed by atoms with Crippen molar-refractivity contribution >= 4 is 22.2 Å². The summed E-state index contributed by atoms with van der Waals surface area (Å²) in [5, 5.41) is 16.8. The summed E-state index contributed by atoms with van der Waals surface area (Å²) in [6.07, 6.45) is 2.70. The van der Waals surface area contributed by atoms with Crippen molar-refractivity contribution in [2.45, 2.75) is 12.5 Å². The first-order valence-corrected chi connectivity index (χ1v) is 7.99. The lowest BCUT2D eigenvalue weighted by Crippen LogP contribution is -2.30. The maximum atomic E-state index is 12.0. The zero-order chi connectivity index (χ0) is 15.7. The molecule has 1 aromatic carbocycles. The Labute approximate surface area is 127 Å². The largest absolute Gasteiger partial charge is 0.506 e. The topological polar surface area (TPSA) is 115 Å². The molecule has 0 spiro atoms. The molecule has 3 N–H and O–H groups in total. The molecule has 9 heteroatoms. The number of hydrogen-bond acceptors (Lipinski definition) is 5. The molecule has 1 aromatic heterocycles. The van der Waals surface area contributed by atoms with E-state index >= 15 is 0 Å². The van der Waals surface area contributed by atoms with Crippen LogP contribution in [0.5, 0.6) is 5.75 Å².